The number of carbonyl (C=O) groups excluding carboxylic acids is 1. The van der Waals surface area contributed by atoms with Gasteiger partial charge in [0, 0.05) is 0 Å². The van der Waals surface area contributed by atoms with Crippen LogP contribution in [0, 0.1) is 0 Å². The van der Waals surface area contributed by atoms with Gasteiger partial charge in [0.15, 0.2) is 0 Å². The molecule has 1 aromatic carbocycles. The maximum Gasteiger partial charge on any atom is 0.233 e. The van der Waals surface area contributed by atoms with Crippen molar-refractivity contribution in [1.29, 1.82) is 0 Å². The molecule has 0 N–H and O–H groups in total. The van der Waals surface area contributed by atoms with Gasteiger partial charge in [-0.05, 0) is 18.9 Å². The van der Waals surface area contributed by atoms with Crippen molar-refractivity contribution in [1.82, 2.24) is 5.06 Å². The normalized spacial score (nSPS) is 12.1. The van der Waals surface area contributed by atoms with Crippen LogP contribution in [0.5, 0.6) is 0 Å². The van der Waals surface area contributed by atoms with E-state index in [1.807, 2.05) is 37.3 Å². The molecule has 1 atom stereocenters. The summed E-state index contributed by atoms with van der Waals surface area (Å²) in [5.41, 5.74) is 1.07. The zero-order valence-corrected chi connectivity index (χ0v) is 9.93. The SMILES string of the molecule is CCCC(C)N(C=O)OCc1ccccc1. The largest absolute Gasteiger partial charge is 0.276 e. The van der Waals surface area contributed by atoms with Crippen LogP contribution in [-0.4, -0.2) is 17.5 Å². The number of amides is 1. The Morgan fingerprint density at radius 2 is 2.06 bits per heavy atom. The molecule has 0 bridgehead atoms. The first-order valence-electron chi connectivity index (χ1n) is 5.68. The molecule has 0 aliphatic rings. The lowest BCUT2D eigenvalue weighted by Gasteiger charge is -2.23. The number of benzene rings is 1. The quantitative estimate of drug-likeness (QED) is 0.523. The van der Waals surface area contributed by atoms with Gasteiger partial charge < -0.3 is 0 Å². The van der Waals surface area contributed by atoms with Crippen LogP contribution in [0.15, 0.2) is 30.3 Å². The highest BCUT2D eigenvalue weighted by atomic mass is 16.7. The van der Waals surface area contributed by atoms with Crippen LogP contribution in [0.3, 0.4) is 0 Å². The summed E-state index contributed by atoms with van der Waals surface area (Å²) in [5.74, 6) is 0. The standard InChI is InChI=1S/C13H19NO2/c1-3-7-12(2)14(11-15)16-10-13-8-5-4-6-9-13/h4-6,8-9,11-12H,3,7,10H2,1-2H3. The summed E-state index contributed by atoms with van der Waals surface area (Å²) in [6.45, 7) is 4.52. The first-order valence-corrected chi connectivity index (χ1v) is 5.68. The minimum Gasteiger partial charge on any atom is -0.276 e. The molecule has 1 amide bonds. The second kappa shape index (κ2) is 7.01. The Morgan fingerprint density at radius 1 is 1.38 bits per heavy atom. The third kappa shape index (κ3) is 4.03. The van der Waals surface area contributed by atoms with E-state index in [2.05, 4.69) is 6.92 Å². The summed E-state index contributed by atoms with van der Waals surface area (Å²) >= 11 is 0. The molecule has 88 valence electrons. The smallest absolute Gasteiger partial charge is 0.233 e. The maximum atomic E-state index is 10.8. The Kier molecular flexibility index (Phi) is 5.57. The molecule has 0 radical (unpaired) electrons. The predicted octanol–water partition coefficient (Wildman–Crippen LogP) is 2.77. The van der Waals surface area contributed by atoms with Crippen molar-refractivity contribution < 1.29 is 9.63 Å². The van der Waals surface area contributed by atoms with E-state index in [-0.39, 0.29) is 6.04 Å². The second-order valence-electron chi connectivity index (χ2n) is 3.86. The van der Waals surface area contributed by atoms with Gasteiger partial charge in [0.2, 0.25) is 6.41 Å². The minimum absolute atomic E-state index is 0.131. The van der Waals surface area contributed by atoms with Crippen molar-refractivity contribution in [3.05, 3.63) is 35.9 Å². The van der Waals surface area contributed by atoms with Gasteiger partial charge in [0.25, 0.3) is 0 Å². The van der Waals surface area contributed by atoms with Gasteiger partial charge in [0.05, 0.1) is 6.04 Å². The van der Waals surface area contributed by atoms with Crippen molar-refractivity contribution in [3.8, 4) is 0 Å². The topological polar surface area (TPSA) is 29.5 Å². The maximum absolute atomic E-state index is 10.8. The average Bonchev–Trinajstić information content (AvgIpc) is 2.31. The molecule has 3 heteroatoms. The second-order valence-corrected chi connectivity index (χ2v) is 3.86. The molecule has 1 rings (SSSR count). The van der Waals surface area contributed by atoms with E-state index in [4.69, 9.17) is 4.84 Å². The van der Waals surface area contributed by atoms with E-state index in [9.17, 15) is 4.79 Å². The fraction of sp³-hybridized carbons (Fsp3) is 0.462. The summed E-state index contributed by atoms with van der Waals surface area (Å²) in [4.78, 5) is 16.3. The highest BCUT2D eigenvalue weighted by Crippen LogP contribution is 2.08. The molecule has 0 aromatic heterocycles. The number of hydroxylamine groups is 2. The van der Waals surface area contributed by atoms with Crippen LogP contribution in [0.25, 0.3) is 0 Å². The van der Waals surface area contributed by atoms with Gasteiger partial charge in [-0.2, -0.15) is 0 Å². The molecular weight excluding hydrogens is 202 g/mol. The van der Waals surface area contributed by atoms with E-state index in [1.165, 1.54) is 5.06 Å². The summed E-state index contributed by atoms with van der Waals surface area (Å²) in [5, 5.41) is 1.40. The van der Waals surface area contributed by atoms with Gasteiger partial charge in [-0.3, -0.25) is 9.63 Å². The van der Waals surface area contributed by atoms with Crippen LogP contribution in [0.2, 0.25) is 0 Å². The Morgan fingerprint density at radius 3 is 2.62 bits per heavy atom. The van der Waals surface area contributed by atoms with Crippen molar-refractivity contribution in [3.63, 3.8) is 0 Å². The monoisotopic (exact) mass is 221 g/mol. The Hall–Kier alpha value is -1.35. The number of nitrogens with zero attached hydrogens (tertiary/aromatic N) is 1. The number of rotatable bonds is 7. The first kappa shape index (κ1) is 12.7. The average molecular weight is 221 g/mol. The van der Waals surface area contributed by atoms with Gasteiger partial charge >= 0.3 is 0 Å². The highest BCUT2D eigenvalue weighted by molar-refractivity contribution is 5.45. The molecule has 0 saturated heterocycles. The van der Waals surface area contributed by atoms with Crippen molar-refractivity contribution >= 4 is 6.41 Å². The molecule has 0 saturated carbocycles. The Balaban J connectivity index is 2.42. The number of hydrogen-bond donors (Lipinski definition) is 0. The summed E-state index contributed by atoms with van der Waals surface area (Å²) in [6, 6.07) is 9.96. The number of carbonyl (C=O) groups is 1. The van der Waals surface area contributed by atoms with Crippen molar-refractivity contribution in [2.75, 3.05) is 0 Å². The van der Waals surface area contributed by atoms with E-state index in [1.54, 1.807) is 0 Å². The van der Waals surface area contributed by atoms with Crippen LogP contribution in [0.1, 0.15) is 32.3 Å². The van der Waals surface area contributed by atoms with Crippen molar-refractivity contribution in [2.45, 2.75) is 39.3 Å². The van der Waals surface area contributed by atoms with E-state index >= 15 is 0 Å². The minimum atomic E-state index is 0.131. The van der Waals surface area contributed by atoms with Crippen molar-refractivity contribution in [2.24, 2.45) is 0 Å². The van der Waals surface area contributed by atoms with Gasteiger partial charge in [-0.25, -0.2) is 5.06 Å². The molecule has 1 aromatic rings. The number of hydrogen-bond acceptors (Lipinski definition) is 2. The zero-order valence-electron chi connectivity index (χ0n) is 9.93. The lowest BCUT2D eigenvalue weighted by Crippen LogP contribution is -2.31. The predicted molar refractivity (Wildman–Crippen MR) is 63.5 cm³/mol. The lowest BCUT2D eigenvalue weighted by atomic mass is 10.2. The van der Waals surface area contributed by atoms with Crippen LogP contribution < -0.4 is 0 Å². The molecule has 0 heterocycles. The molecule has 1 unspecified atom stereocenters. The Bertz CT molecular complexity index is 300. The van der Waals surface area contributed by atoms with Crippen LogP contribution in [-0.2, 0) is 16.2 Å². The molecule has 3 nitrogen and oxygen atoms in total. The van der Waals surface area contributed by atoms with Gasteiger partial charge in [-0.15, -0.1) is 0 Å². The molecule has 0 fully saturated rings. The first-order chi connectivity index (χ1) is 7.77. The lowest BCUT2D eigenvalue weighted by molar-refractivity contribution is -0.191. The van der Waals surface area contributed by atoms with Gasteiger partial charge in [-0.1, -0.05) is 43.7 Å². The molecular formula is C13H19NO2. The third-order valence-corrected chi connectivity index (χ3v) is 2.47. The highest BCUT2D eigenvalue weighted by Gasteiger charge is 2.11. The van der Waals surface area contributed by atoms with Crippen LogP contribution >= 0.6 is 0 Å². The van der Waals surface area contributed by atoms with E-state index in [0.717, 1.165) is 24.8 Å². The van der Waals surface area contributed by atoms with Crippen LogP contribution in [0.4, 0.5) is 0 Å². The summed E-state index contributed by atoms with van der Waals surface area (Å²) < 4.78 is 0. The molecule has 0 aliphatic carbocycles. The molecule has 16 heavy (non-hydrogen) atoms. The molecule has 0 spiro atoms. The summed E-state index contributed by atoms with van der Waals surface area (Å²) in [6.07, 6.45) is 2.75. The fourth-order valence-electron chi connectivity index (χ4n) is 1.53. The Labute approximate surface area is 97.0 Å². The third-order valence-electron chi connectivity index (χ3n) is 2.47. The van der Waals surface area contributed by atoms with E-state index < -0.39 is 0 Å². The van der Waals surface area contributed by atoms with E-state index in [0.29, 0.717) is 6.61 Å². The van der Waals surface area contributed by atoms with Gasteiger partial charge in [0.1, 0.15) is 6.61 Å². The summed E-state index contributed by atoms with van der Waals surface area (Å²) in [7, 11) is 0. The molecule has 0 aliphatic heterocycles. The fourth-order valence-corrected chi connectivity index (χ4v) is 1.53. The zero-order chi connectivity index (χ0) is 11.8.